The zero-order valence-electron chi connectivity index (χ0n) is 32.9. The van der Waals surface area contributed by atoms with Gasteiger partial charge >= 0.3 is 0 Å². The van der Waals surface area contributed by atoms with Gasteiger partial charge in [0.1, 0.15) is 11.1 Å². The van der Waals surface area contributed by atoms with Crippen molar-refractivity contribution in [3.63, 3.8) is 0 Å². The Morgan fingerprint density at radius 2 is 1.10 bits per heavy atom. The van der Waals surface area contributed by atoms with Crippen molar-refractivity contribution >= 4 is 62.1 Å². The highest BCUT2D eigenvalue weighted by Gasteiger charge is 2.27. The molecule has 2 aromatic heterocycles. The summed E-state index contributed by atoms with van der Waals surface area (Å²) >= 11 is 0. The molecule has 0 saturated carbocycles. The molecule has 2 heterocycles. The van der Waals surface area contributed by atoms with E-state index in [1.165, 1.54) is 0 Å². The van der Waals surface area contributed by atoms with Gasteiger partial charge in [-0.2, -0.15) is 0 Å². The van der Waals surface area contributed by atoms with E-state index < -0.39 is 34.3 Å². The number of fused-ring (bicyclic) bond motifs is 6. The Morgan fingerprint density at radius 3 is 1.79 bits per heavy atom. The lowest BCUT2D eigenvalue weighted by atomic mass is 9.97. The van der Waals surface area contributed by atoms with E-state index >= 15 is 0 Å². The van der Waals surface area contributed by atoms with Crippen LogP contribution in [0.15, 0.2) is 183 Å². The van der Waals surface area contributed by atoms with Crippen LogP contribution >= 0.6 is 0 Å². The number of aliphatic imine (C=N–C) groups is 3. The molecular weight excluding hydrogens is 777 g/mol. The van der Waals surface area contributed by atoms with Crippen LogP contribution < -0.4 is 0 Å². The number of phenols is 5. The van der Waals surface area contributed by atoms with Gasteiger partial charge in [-0.25, -0.2) is 9.98 Å². The number of aromatic nitrogens is 1. The molecule has 0 unspecified atom stereocenters. The van der Waals surface area contributed by atoms with Crippen molar-refractivity contribution in [2.75, 3.05) is 0 Å². The zero-order chi connectivity index (χ0) is 42.5. The molecule has 0 spiro atoms. The second-order valence-corrected chi connectivity index (χ2v) is 14.7. The minimum Gasteiger partial charge on any atom is -0.504 e. The second-order valence-electron chi connectivity index (χ2n) is 14.7. The molecule has 10 rings (SSSR count). The van der Waals surface area contributed by atoms with Crippen LogP contribution in [0.3, 0.4) is 0 Å². The number of rotatable bonds is 7. The Labute approximate surface area is 354 Å². The molecule has 0 radical (unpaired) electrons. The maximum Gasteiger partial charge on any atom is 0.208 e. The van der Waals surface area contributed by atoms with Crippen LogP contribution in [0.25, 0.3) is 71.7 Å². The SMILES string of the molecule is C=N/C(=N\C(=N/Cc1cccc2c1oc1c(-n3c4ccccc4c4cccc(-c5ccccc5)c43)ccc(-c3ccccc3)c12)c1ccccc1)c1c(O)c(O)c(O)c(O)c1O. The number of aromatic hydroxyl groups is 5. The predicted molar refractivity (Wildman–Crippen MR) is 246 cm³/mol. The van der Waals surface area contributed by atoms with Crippen molar-refractivity contribution in [2.45, 2.75) is 6.54 Å². The Kier molecular flexibility index (Phi) is 9.22. The van der Waals surface area contributed by atoms with E-state index in [-0.39, 0.29) is 18.2 Å². The summed E-state index contributed by atoms with van der Waals surface area (Å²) in [5.74, 6) is -5.36. The Hall–Kier alpha value is -8.63. The fourth-order valence-corrected chi connectivity index (χ4v) is 8.33. The van der Waals surface area contributed by atoms with Crippen LogP contribution in [-0.4, -0.2) is 48.5 Å². The molecule has 0 aliphatic carbocycles. The van der Waals surface area contributed by atoms with Crippen LogP contribution in [0.1, 0.15) is 16.7 Å². The highest BCUT2D eigenvalue weighted by Crippen LogP contribution is 2.51. The van der Waals surface area contributed by atoms with E-state index in [1.54, 1.807) is 24.3 Å². The van der Waals surface area contributed by atoms with Crippen molar-refractivity contribution < 1.29 is 29.9 Å². The third-order valence-electron chi connectivity index (χ3n) is 11.2. The van der Waals surface area contributed by atoms with Crippen molar-refractivity contribution in [3.8, 4) is 56.7 Å². The molecule has 300 valence electrons. The number of nitrogens with zero attached hydrogens (tertiary/aromatic N) is 4. The van der Waals surface area contributed by atoms with Crippen LogP contribution in [0, 0.1) is 0 Å². The Morgan fingerprint density at radius 1 is 0.516 bits per heavy atom. The first-order valence-electron chi connectivity index (χ1n) is 19.8. The first-order chi connectivity index (χ1) is 30.3. The highest BCUT2D eigenvalue weighted by atomic mass is 16.4. The number of hydrogen-bond donors (Lipinski definition) is 5. The van der Waals surface area contributed by atoms with Gasteiger partial charge in [0.2, 0.25) is 17.2 Å². The fraction of sp³-hybridized carbons (Fsp3) is 0.0192. The molecule has 62 heavy (non-hydrogen) atoms. The molecule has 10 nitrogen and oxygen atoms in total. The van der Waals surface area contributed by atoms with Crippen molar-refractivity contribution in [1.82, 2.24) is 4.57 Å². The fourth-order valence-electron chi connectivity index (χ4n) is 8.33. The summed E-state index contributed by atoms with van der Waals surface area (Å²) in [7, 11) is 0. The quantitative estimate of drug-likeness (QED) is 0.0467. The van der Waals surface area contributed by atoms with E-state index in [1.807, 2.05) is 42.5 Å². The molecular formula is C52H36N4O6. The molecule has 10 heteroatoms. The van der Waals surface area contributed by atoms with E-state index in [9.17, 15) is 25.5 Å². The van der Waals surface area contributed by atoms with E-state index in [0.717, 1.165) is 66.1 Å². The summed E-state index contributed by atoms with van der Waals surface area (Å²) in [6.07, 6.45) is 0. The van der Waals surface area contributed by atoms with Crippen molar-refractivity contribution in [2.24, 2.45) is 15.0 Å². The monoisotopic (exact) mass is 812 g/mol. The van der Waals surface area contributed by atoms with Crippen LogP contribution in [0.5, 0.6) is 28.7 Å². The maximum absolute atomic E-state index is 10.7. The van der Waals surface area contributed by atoms with E-state index in [2.05, 4.69) is 118 Å². The number of benzene rings is 8. The minimum atomic E-state index is -1.10. The van der Waals surface area contributed by atoms with Gasteiger partial charge in [-0.3, -0.25) is 4.99 Å². The summed E-state index contributed by atoms with van der Waals surface area (Å²) in [4.78, 5) is 13.4. The van der Waals surface area contributed by atoms with Crippen molar-refractivity contribution in [3.05, 3.63) is 180 Å². The minimum absolute atomic E-state index is 0.0723. The lowest BCUT2D eigenvalue weighted by Gasteiger charge is -2.14. The van der Waals surface area contributed by atoms with Crippen LogP contribution in [0.4, 0.5) is 0 Å². The number of amidine groups is 2. The number of furan rings is 1. The maximum atomic E-state index is 10.7. The van der Waals surface area contributed by atoms with Gasteiger partial charge in [-0.1, -0.05) is 152 Å². The van der Waals surface area contributed by atoms with Crippen LogP contribution in [-0.2, 0) is 6.54 Å². The standard InChI is InChI=1S/C52H36N4O6/c1-53-52(42-44(57)46(59)48(61)47(60)45(42)58)55-51(32-19-9-4-10-20-32)54-29-33-21-13-25-38-41-34(30-15-5-2-6-16-30)27-28-40(50(41)62-49(33)38)56-39-26-12-11-22-36(39)37-24-14-23-35(43(37)56)31-17-7-3-8-18-31/h2-28,57-61H,1,29H2/b54-51-,55-52-. The summed E-state index contributed by atoms with van der Waals surface area (Å²) in [6, 6.07) is 54.7. The number of hydrogen-bond acceptors (Lipinski definition) is 7. The van der Waals surface area contributed by atoms with Gasteiger partial charge in [-0.05, 0) is 35.5 Å². The molecule has 0 bridgehead atoms. The van der Waals surface area contributed by atoms with Gasteiger partial charge in [0.25, 0.3) is 0 Å². The molecule has 0 aliphatic rings. The smallest absolute Gasteiger partial charge is 0.208 e. The third kappa shape index (κ3) is 6.08. The summed E-state index contributed by atoms with van der Waals surface area (Å²) in [6.45, 7) is 3.63. The Balaban J connectivity index is 1.21. The molecule has 8 aromatic carbocycles. The van der Waals surface area contributed by atoms with Gasteiger partial charge in [0.15, 0.2) is 28.8 Å². The molecule has 5 N–H and O–H groups in total. The molecule has 0 saturated heterocycles. The molecule has 0 aliphatic heterocycles. The average Bonchev–Trinajstić information content (AvgIpc) is 3.89. The molecule has 0 atom stereocenters. The highest BCUT2D eigenvalue weighted by molar-refractivity contribution is 6.19. The van der Waals surface area contributed by atoms with Crippen LogP contribution in [0.2, 0.25) is 0 Å². The zero-order valence-corrected chi connectivity index (χ0v) is 32.9. The number of para-hydroxylation sites is 3. The van der Waals surface area contributed by atoms with E-state index in [0.29, 0.717) is 16.7 Å². The topological polar surface area (TPSA) is 156 Å². The number of phenolic OH excluding ortho intramolecular Hbond substituents is 5. The molecule has 0 amide bonds. The van der Waals surface area contributed by atoms with Gasteiger partial charge < -0.3 is 34.5 Å². The van der Waals surface area contributed by atoms with Gasteiger partial charge in [0, 0.05) is 38.2 Å². The third-order valence-corrected chi connectivity index (χ3v) is 11.2. The predicted octanol–water partition coefficient (Wildman–Crippen LogP) is 11.6. The molecule has 10 aromatic rings. The largest absolute Gasteiger partial charge is 0.504 e. The Bertz CT molecular complexity index is 3420. The summed E-state index contributed by atoms with van der Waals surface area (Å²) in [5.41, 5.74) is 9.28. The first kappa shape index (κ1) is 37.6. The van der Waals surface area contributed by atoms with E-state index in [4.69, 9.17) is 9.41 Å². The lowest BCUT2D eigenvalue weighted by molar-refractivity contribution is 0.327. The normalized spacial score (nSPS) is 12.2. The van der Waals surface area contributed by atoms with Crippen molar-refractivity contribution in [1.29, 1.82) is 0 Å². The second kappa shape index (κ2) is 15.2. The van der Waals surface area contributed by atoms with Gasteiger partial charge in [0.05, 0.1) is 23.3 Å². The lowest BCUT2D eigenvalue weighted by Crippen LogP contribution is -2.06. The summed E-state index contributed by atoms with van der Waals surface area (Å²) in [5, 5.41) is 56.2. The average molecular weight is 813 g/mol. The van der Waals surface area contributed by atoms with Gasteiger partial charge in [-0.15, -0.1) is 0 Å². The summed E-state index contributed by atoms with van der Waals surface area (Å²) < 4.78 is 9.43. The molecule has 0 fully saturated rings. The first-order valence-corrected chi connectivity index (χ1v) is 19.8.